The van der Waals surface area contributed by atoms with Gasteiger partial charge in [0.25, 0.3) is 5.56 Å². The molecule has 0 spiro atoms. The number of methoxy groups -OCH3 is 1. The van der Waals surface area contributed by atoms with E-state index < -0.39 is 0 Å². The van der Waals surface area contributed by atoms with Gasteiger partial charge >= 0.3 is 0 Å². The van der Waals surface area contributed by atoms with Gasteiger partial charge in [0.2, 0.25) is 0 Å². The number of rotatable bonds is 4. The maximum atomic E-state index is 13.0. The molecule has 0 fully saturated rings. The van der Waals surface area contributed by atoms with E-state index in [9.17, 15) is 9.90 Å². The number of ether oxygens (including phenoxy) is 1. The molecule has 0 aliphatic rings. The van der Waals surface area contributed by atoms with Crippen LogP contribution in [0.5, 0.6) is 11.5 Å². The lowest BCUT2D eigenvalue weighted by atomic mass is 10.2. The fraction of sp³-hybridized carbons (Fsp3) is 0.0476. The number of thiazole rings is 1. The number of halogens is 1. The summed E-state index contributed by atoms with van der Waals surface area (Å²) in [6, 6.07) is 15.7. The van der Waals surface area contributed by atoms with Crippen LogP contribution >= 0.6 is 22.9 Å². The third kappa shape index (κ3) is 3.40. The van der Waals surface area contributed by atoms with Crippen molar-refractivity contribution in [2.24, 2.45) is 0 Å². The fourth-order valence-electron chi connectivity index (χ4n) is 2.83. The molecule has 2 aromatic heterocycles. The number of benzene rings is 2. The summed E-state index contributed by atoms with van der Waals surface area (Å²) >= 11 is 7.33. The minimum atomic E-state index is -0.264. The van der Waals surface area contributed by atoms with E-state index in [0.29, 0.717) is 27.0 Å². The Bertz CT molecular complexity index is 1200. The Balaban J connectivity index is 1.76. The summed E-state index contributed by atoms with van der Waals surface area (Å²) in [6.45, 7) is 0. The molecule has 4 rings (SSSR count). The minimum Gasteiger partial charge on any atom is -0.506 e. The van der Waals surface area contributed by atoms with Crippen LogP contribution in [0.1, 0.15) is 0 Å². The van der Waals surface area contributed by atoms with Crippen LogP contribution in [-0.2, 0) is 0 Å². The molecule has 4 aromatic rings. The molecule has 5 nitrogen and oxygen atoms in total. The summed E-state index contributed by atoms with van der Waals surface area (Å²) in [6.07, 6.45) is 1.61. The van der Waals surface area contributed by atoms with Gasteiger partial charge < -0.3 is 9.84 Å². The van der Waals surface area contributed by atoms with Gasteiger partial charge in [-0.05, 0) is 36.4 Å². The van der Waals surface area contributed by atoms with E-state index in [1.807, 2.05) is 17.5 Å². The lowest BCUT2D eigenvalue weighted by Gasteiger charge is -2.10. The number of aromatic hydroxyl groups is 1. The SMILES string of the molecule is COc1ccc(-n2cccc(-c3nc(-c4ccc(Cl)cc4)cs3)c2=O)c(O)c1. The predicted octanol–water partition coefficient (Wildman–Crippen LogP) is 5.00. The van der Waals surface area contributed by atoms with Crippen molar-refractivity contribution >= 4 is 22.9 Å². The zero-order valence-corrected chi connectivity index (χ0v) is 16.4. The molecule has 1 N–H and O–H groups in total. The summed E-state index contributed by atoms with van der Waals surface area (Å²) < 4.78 is 6.49. The standard InChI is InChI=1S/C21H15ClN2O3S/c1-27-15-8-9-18(19(25)11-15)24-10-2-3-16(21(24)26)20-23-17(12-28-20)13-4-6-14(22)7-5-13/h2-12,25H,1H3. The molecule has 0 atom stereocenters. The van der Waals surface area contributed by atoms with Crippen LogP contribution in [-0.4, -0.2) is 21.8 Å². The van der Waals surface area contributed by atoms with Crippen molar-refractivity contribution in [1.82, 2.24) is 9.55 Å². The number of pyridine rings is 1. The summed E-state index contributed by atoms with van der Waals surface area (Å²) in [5, 5.41) is 13.4. The van der Waals surface area contributed by atoms with Crippen LogP contribution in [0.3, 0.4) is 0 Å². The van der Waals surface area contributed by atoms with Crippen molar-refractivity contribution in [3.8, 4) is 39.0 Å². The van der Waals surface area contributed by atoms with E-state index in [4.69, 9.17) is 16.3 Å². The first kappa shape index (κ1) is 18.3. The number of phenols is 1. The Kier molecular flexibility index (Phi) is 4.90. The molecular weight excluding hydrogens is 396 g/mol. The number of nitrogens with zero attached hydrogens (tertiary/aromatic N) is 2. The van der Waals surface area contributed by atoms with Crippen LogP contribution in [0, 0.1) is 0 Å². The minimum absolute atomic E-state index is 0.0420. The van der Waals surface area contributed by atoms with Crippen molar-refractivity contribution in [2.75, 3.05) is 7.11 Å². The number of hydrogen-bond donors (Lipinski definition) is 1. The molecule has 0 aliphatic carbocycles. The lowest BCUT2D eigenvalue weighted by Crippen LogP contribution is -2.19. The van der Waals surface area contributed by atoms with Crippen LogP contribution in [0.4, 0.5) is 0 Å². The van der Waals surface area contributed by atoms with Gasteiger partial charge in [0.15, 0.2) is 0 Å². The molecule has 0 aliphatic heterocycles. The first-order valence-corrected chi connectivity index (χ1v) is 9.63. The quantitative estimate of drug-likeness (QED) is 0.514. The molecule has 2 aromatic carbocycles. The Morgan fingerprint density at radius 2 is 1.93 bits per heavy atom. The predicted molar refractivity (Wildman–Crippen MR) is 112 cm³/mol. The third-order valence-electron chi connectivity index (χ3n) is 4.26. The fourth-order valence-corrected chi connectivity index (χ4v) is 3.80. The Morgan fingerprint density at radius 3 is 2.64 bits per heavy atom. The molecule has 140 valence electrons. The summed E-state index contributed by atoms with van der Waals surface area (Å²) in [5.74, 6) is 0.470. The zero-order valence-electron chi connectivity index (χ0n) is 14.8. The molecule has 0 saturated carbocycles. The van der Waals surface area contributed by atoms with E-state index >= 15 is 0 Å². The van der Waals surface area contributed by atoms with E-state index in [-0.39, 0.29) is 11.3 Å². The molecule has 28 heavy (non-hydrogen) atoms. The molecule has 0 bridgehead atoms. The molecule has 7 heteroatoms. The van der Waals surface area contributed by atoms with Crippen LogP contribution < -0.4 is 10.3 Å². The highest BCUT2D eigenvalue weighted by Gasteiger charge is 2.14. The van der Waals surface area contributed by atoms with E-state index in [1.165, 1.54) is 29.1 Å². The van der Waals surface area contributed by atoms with Gasteiger partial charge in [-0.1, -0.05) is 23.7 Å². The Labute approximate surface area is 170 Å². The van der Waals surface area contributed by atoms with Crippen molar-refractivity contribution in [1.29, 1.82) is 0 Å². The molecule has 2 heterocycles. The van der Waals surface area contributed by atoms with E-state index in [0.717, 1.165) is 11.3 Å². The molecule has 0 amide bonds. The lowest BCUT2D eigenvalue weighted by molar-refractivity contribution is 0.407. The van der Waals surface area contributed by atoms with Crippen LogP contribution in [0.25, 0.3) is 27.5 Å². The molecular formula is C21H15ClN2O3S. The average Bonchev–Trinajstić information content (AvgIpc) is 3.19. The Hall–Kier alpha value is -3.09. The maximum Gasteiger partial charge on any atom is 0.265 e. The third-order valence-corrected chi connectivity index (χ3v) is 5.39. The zero-order chi connectivity index (χ0) is 19.7. The highest BCUT2D eigenvalue weighted by Crippen LogP contribution is 2.29. The van der Waals surface area contributed by atoms with Crippen LogP contribution in [0.15, 0.2) is 71.0 Å². The average molecular weight is 411 g/mol. The van der Waals surface area contributed by atoms with Crippen molar-refractivity contribution in [3.63, 3.8) is 0 Å². The van der Waals surface area contributed by atoms with Crippen molar-refractivity contribution < 1.29 is 9.84 Å². The monoisotopic (exact) mass is 410 g/mol. The van der Waals surface area contributed by atoms with Gasteiger partial charge in [-0.2, -0.15) is 0 Å². The first-order valence-electron chi connectivity index (χ1n) is 8.37. The second-order valence-corrected chi connectivity index (χ2v) is 7.29. The van der Waals surface area contributed by atoms with Gasteiger partial charge in [0.05, 0.1) is 24.1 Å². The van der Waals surface area contributed by atoms with Gasteiger partial charge in [-0.3, -0.25) is 9.36 Å². The van der Waals surface area contributed by atoms with Crippen molar-refractivity contribution in [2.45, 2.75) is 0 Å². The summed E-state index contributed by atoms with van der Waals surface area (Å²) in [7, 11) is 1.52. The summed E-state index contributed by atoms with van der Waals surface area (Å²) in [5.41, 5.74) is 2.28. The number of hydrogen-bond acceptors (Lipinski definition) is 5. The Morgan fingerprint density at radius 1 is 1.14 bits per heavy atom. The highest BCUT2D eigenvalue weighted by molar-refractivity contribution is 7.13. The van der Waals surface area contributed by atoms with Crippen LogP contribution in [0.2, 0.25) is 5.02 Å². The number of phenolic OH excluding ortho intramolecular Hbond substituents is 1. The van der Waals surface area contributed by atoms with E-state index in [1.54, 1.807) is 42.6 Å². The van der Waals surface area contributed by atoms with E-state index in [2.05, 4.69) is 4.98 Å². The van der Waals surface area contributed by atoms with Gasteiger partial charge in [-0.15, -0.1) is 11.3 Å². The topological polar surface area (TPSA) is 64.4 Å². The second-order valence-electron chi connectivity index (χ2n) is 6.00. The normalized spacial score (nSPS) is 10.8. The summed E-state index contributed by atoms with van der Waals surface area (Å²) in [4.78, 5) is 17.6. The molecule has 0 unspecified atom stereocenters. The molecule has 0 radical (unpaired) electrons. The largest absolute Gasteiger partial charge is 0.506 e. The highest BCUT2D eigenvalue weighted by atomic mass is 35.5. The maximum absolute atomic E-state index is 13.0. The van der Waals surface area contributed by atoms with Crippen molar-refractivity contribution in [3.05, 3.63) is 81.6 Å². The van der Waals surface area contributed by atoms with Gasteiger partial charge in [-0.25, -0.2) is 4.98 Å². The first-order chi connectivity index (χ1) is 13.6. The smallest absolute Gasteiger partial charge is 0.265 e. The second kappa shape index (κ2) is 7.50. The van der Waals surface area contributed by atoms with Gasteiger partial charge in [0.1, 0.15) is 16.5 Å². The van der Waals surface area contributed by atoms with Gasteiger partial charge in [0, 0.05) is 28.2 Å². The number of aromatic nitrogens is 2. The molecule has 0 saturated heterocycles.